The molecule has 0 saturated heterocycles. The first kappa shape index (κ1) is 19.6. The summed E-state index contributed by atoms with van der Waals surface area (Å²) in [6.07, 6.45) is 3.18. The van der Waals surface area contributed by atoms with Gasteiger partial charge in [0.15, 0.2) is 0 Å². The Morgan fingerprint density at radius 2 is 1.77 bits per heavy atom. The summed E-state index contributed by atoms with van der Waals surface area (Å²) in [7, 11) is 0. The molecule has 0 spiro atoms. The van der Waals surface area contributed by atoms with Crippen molar-refractivity contribution in [3.8, 4) is 6.07 Å². The van der Waals surface area contributed by atoms with Crippen LogP contribution in [0.4, 0.5) is 11.4 Å². The van der Waals surface area contributed by atoms with Crippen molar-refractivity contribution in [1.29, 1.82) is 5.26 Å². The maximum Gasteiger partial charge on any atom is 0.267 e. The third-order valence-corrected chi connectivity index (χ3v) is 4.65. The van der Waals surface area contributed by atoms with E-state index >= 15 is 0 Å². The predicted octanol–water partition coefficient (Wildman–Crippen LogP) is 5.23. The lowest BCUT2D eigenvalue weighted by molar-refractivity contribution is -0.112. The van der Waals surface area contributed by atoms with Crippen LogP contribution in [0.2, 0.25) is 5.02 Å². The number of halogens is 1. The molecule has 0 unspecified atom stereocenters. The lowest BCUT2D eigenvalue weighted by Gasteiger charge is -2.13. The van der Waals surface area contributed by atoms with Crippen LogP contribution in [0.25, 0.3) is 0 Å². The standard InChI is InChI=1S/C21H22ClN3O/c1-4-15-8-6-9-16(5-2)20(15)24-13-17(12-23)21(26)25-19-11-7-10-18(22)14(19)3/h6-11,13,24H,4-5H2,1-3H3,(H,25,26)/b17-13-. The van der Waals surface area contributed by atoms with Crippen molar-refractivity contribution in [2.75, 3.05) is 10.6 Å². The number of carbonyl (C=O) groups excluding carboxylic acids is 1. The van der Waals surface area contributed by atoms with E-state index in [-0.39, 0.29) is 5.57 Å². The average molecular weight is 368 g/mol. The van der Waals surface area contributed by atoms with Crippen molar-refractivity contribution in [1.82, 2.24) is 0 Å². The molecule has 0 fully saturated rings. The number of aryl methyl sites for hydroxylation is 2. The Morgan fingerprint density at radius 3 is 2.35 bits per heavy atom. The largest absolute Gasteiger partial charge is 0.360 e. The van der Waals surface area contributed by atoms with E-state index in [9.17, 15) is 10.1 Å². The Morgan fingerprint density at radius 1 is 1.15 bits per heavy atom. The molecule has 0 saturated carbocycles. The number of nitrogens with one attached hydrogen (secondary N) is 2. The third kappa shape index (κ3) is 4.44. The van der Waals surface area contributed by atoms with Gasteiger partial charge >= 0.3 is 0 Å². The van der Waals surface area contributed by atoms with E-state index in [0.29, 0.717) is 10.7 Å². The fourth-order valence-electron chi connectivity index (χ4n) is 2.65. The minimum atomic E-state index is -0.475. The van der Waals surface area contributed by atoms with Gasteiger partial charge in [-0.2, -0.15) is 5.26 Å². The summed E-state index contributed by atoms with van der Waals surface area (Å²) in [5.74, 6) is -0.475. The Hall–Kier alpha value is -2.77. The van der Waals surface area contributed by atoms with Crippen molar-refractivity contribution in [3.05, 3.63) is 69.9 Å². The minimum Gasteiger partial charge on any atom is -0.360 e. The van der Waals surface area contributed by atoms with E-state index in [4.69, 9.17) is 11.6 Å². The van der Waals surface area contributed by atoms with Gasteiger partial charge in [0.1, 0.15) is 11.6 Å². The van der Waals surface area contributed by atoms with Gasteiger partial charge in [-0.15, -0.1) is 0 Å². The third-order valence-electron chi connectivity index (χ3n) is 4.24. The highest BCUT2D eigenvalue weighted by molar-refractivity contribution is 6.31. The van der Waals surface area contributed by atoms with Gasteiger partial charge in [-0.1, -0.05) is 49.7 Å². The van der Waals surface area contributed by atoms with Gasteiger partial charge in [0.25, 0.3) is 5.91 Å². The zero-order chi connectivity index (χ0) is 19.1. The lowest BCUT2D eigenvalue weighted by Crippen LogP contribution is -2.15. The molecule has 0 aliphatic heterocycles. The molecule has 2 N–H and O–H groups in total. The van der Waals surface area contributed by atoms with Crippen LogP contribution in [0.5, 0.6) is 0 Å². The second-order valence-corrected chi connectivity index (χ2v) is 6.25. The zero-order valence-corrected chi connectivity index (χ0v) is 15.9. The molecule has 0 bridgehead atoms. The monoisotopic (exact) mass is 367 g/mol. The summed E-state index contributed by atoms with van der Waals surface area (Å²) >= 11 is 6.08. The summed E-state index contributed by atoms with van der Waals surface area (Å²) in [5, 5.41) is 15.8. The first-order chi connectivity index (χ1) is 12.5. The molecule has 0 atom stereocenters. The maximum absolute atomic E-state index is 12.5. The molecule has 2 aromatic carbocycles. The molecule has 2 rings (SSSR count). The predicted molar refractivity (Wildman–Crippen MR) is 107 cm³/mol. The zero-order valence-electron chi connectivity index (χ0n) is 15.2. The van der Waals surface area contributed by atoms with Crippen LogP contribution in [0.1, 0.15) is 30.5 Å². The number of nitrogens with zero attached hydrogens (tertiary/aromatic N) is 1. The van der Waals surface area contributed by atoms with Crippen LogP contribution in [-0.2, 0) is 17.6 Å². The Balaban J connectivity index is 2.25. The van der Waals surface area contributed by atoms with Crippen LogP contribution in [0.15, 0.2) is 48.2 Å². The van der Waals surface area contributed by atoms with Crippen LogP contribution in [0, 0.1) is 18.3 Å². The smallest absolute Gasteiger partial charge is 0.267 e. The number of amides is 1. The van der Waals surface area contributed by atoms with E-state index in [2.05, 4.69) is 24.5 Å². The van der Waals surface area contributed by atoms with Gasteiger partial charge in [-0.3, -0.25) is 4.79 Å². The first-order valence-electron chi connectivity index (χ1n) is 8.55. The summed E-state index contributed by atoms with van der Waals surface area (Å²) in [4.78, 5) is 12.5. The summed E-state index contributed by atoms with van der Waals surface area (Å²) in [6, 6.07) is 13.3. The van der Waals surface area contributed by atoms with Gasteiger partial charge in [0.2, 0.25) is 0 Å². The molecular weight excluding hydrogens is 346 g/mol. The van der Waals surface area contributed by atoms with Crippen LogP contribution in [0.3, 0.4) is 0 Å². The van der Waals surface area contributed by atoms with E-state index in [0.717, 1.165) is 35.2 Å². The molecule has 0 aromatic heterocycles. The van der Waals surface area contributed by atoms with Crippen molar-refractivity contribution < 1.29 is 4.79 Å². The fourth-order valence-corrected chi connectivity index (χ4v) is 2.83. The number of nitriles is 1. The Labute approximate surface area is 159 Å². The van der Waals surface area contributed by atoms with Crippen molar-refractivity contribution in [2.24, 2.45) is 0 Å². The molecule has 4 nitrogen and oxygen atoms in total. The number of para-hydroxylation sites is 1. The molecule has 0 aliphatic rings. The minimum absolute atomic E-state index is 0.00247. The van der Waals surface area contributed by atoms with E-state index in [1.54, 1.807) is 18.2 Å². The highest BCUT2D eigenvalue weighted by atomic mass is 35.5. The van der Waals surface area contributed by atoms with Gasteiger partial charge in [-0.25, -0.2) is 0 Å². The second-order valence-electron chi connectivity index (χ2n) is 5.84. The SMILES string of the molecule is CCc1cccc(CC)c1N/C=C(/C#N)C(=O)Nc1cccc(Cl)c1C. The second kappa shape index (κ2) is 9.07. The number of rotatable bonds is 6. The number of hydrogen-bond acceptors (Lipinski definition) is 3. The molecule has 134 valence electrons. The topological polar surface area (TPSA) is 64.9 Å². The summed E-state index contributed by atoms with van der Waals surface area (Å²) < 4.78 is 0. The molecular formula is C21H22ClN3O. The summed E-state index contributed by atoms with van der Waals surface area (Å²) in [6.45, 7) is 5.96. The number of hydrogen-bond donors (Lipinski definition) is 2. The molecule has 0 aliphatic carbocycles. The van der Waals surface area contributed by atoms with Gasteiger partial charge in [0.05, 0.1) is 0 Å². The Kier molecular flexibility index (Phi) is 6.82. The summed E-state index contributed by atoms with van der Waals surface area (Å²) in [5.41, 5.74) is 4.59. The lowest BCUT2D eigenvalue weighted by atomic mass is 10.0. The molecule has 0 radical (unpaired) electrons. The average Bonchev–Trinajstić information content (AvgIpc) is 2.65. The van der Waals surface area contributed by atoms with E-state index < -0.39 is 5.91 Å². The molecule has 1 amide bonds. The maximum atomic E-state index is 12.5. The van der Waals surface area contributed by atoms with E-state index in [1.807, 2.05) is 31.2 Å². The molecule has 0 heterocycles. The van der Waals surface area contributed by atoms with Gasteiger partial charge in [0, 0.05) is 22.6 Å². The highest BCUT2D eigenvalue weighted by Crippen LogP contribution is 2.24. The van der Waals surface area contributed by atoms with Crippen LogP contribution >= 0.6 is 11.6 Å². The number of benzene rings is 2. The van der Waals surface area contributed by atoms with Crippen molar-refractivity contribution in [2.45, 2.75) is 33.6 Å². The fraction of sp³-hybridized carbons (Fsp3) is 0.238. The van der Waals surface area contributed by atoms with Crippen LogP contribution < -0.4 is 10.6 Å². The van der Waals surface area contributed by atoms with Crippen molar-refractivity contribution in [3.63, 3.8) is 0 Å². The molecule has 5 heteroatoms. The normalized spacial score (nSPS) is 11.0. The van der Waals surface area contributed by atoms with Crippen molar-refractivity contribution >= 4 is 28.9 Å². The number of anilines is 2. The first-order valence-corrected chi connectivity index (χ1v) is 8.93. The van der Waals surface area contributed by atoms with Gasteiger partial charge < -0.3 is 10.6 Å². The number of carbonyl (C=O) groups is 1. The van der Waals surface area contributed by atoms with Crippen LogP contribution in [-0.4, -0.2) is 5.91 Å². The van der Waals surface area contributed by atoms with Gasteiger partial charge in [-0.05, 0) is 48.6 Å². The van der Waals surface area contributed by atoms with E-state index in [1.165, 1.54) is 6.20 Å². The highest BCUT2D eigenvalue weighted by Gasteiger charge is 2.12. The molecule has 26 heavy (non-hydrogen) atoms. The molecule has 2 aromatic rings. The quantitative estimate of drug-likeness (QED) is 0.542. The Bertz CT molecular complexity index is 859.